The molecule has 5 atom stereocenters. The van der Waals surface area contributed by atoms with Gasteiger partial charge in [0, 0.05) is 11.6 Å². The number of halogens is 1. The Bertz CT molecular complexity index is 1040. The molecule has 1 aliphatic rings. The molecule has 1 aromatic heterocycles. The highest BCUT2D eigenvalue weighted by molar-refractivity contribution is 6.35. The van der Waals surface area contributed by atoms with Crippen molar-refractivity contribution in [1.82, 2.24) is 4.57 Å². The topological polar surface area (TPSA) is 121 Å². The van der Waals surface area contributed by atoms with E-state index < -0.39 is 37.3 Å². The Morgan fingerprint density at radius 3 is 2.35 bits per heavy atom. The predicted molar refractivity (Wildman–Crippen MR) is 118 cm³/mol. The highest BCUT2D eigenvalue weighted by Gasteiger charge is 2.44. The Morgan fingerprint density at radius 1 is 0.968 bits per heavy atom. The Labute approximate surface area is 185 Å². The van der Waals surface area contributed by atoms with Crippen molar-refractivity contribution >= 4 is 22.5 Å². The zero-order valence-corrected chi connectivity index (χ0v) is 17.7. The van der Waals surface area contributed by atoms with E-state index in [0.29, 0.717) is 23.5 Å². The summed E-state index contributed by atoms with van der Waals surface area (Å²) in [5.41, 5.74) is 9.54. The summed E-state index contributed by atoms with van der Waals surface area (Å²) in [5.74, 6) is 0. The second-order valence-corrected chi connectivity index (χ2v) is 8.36. The molecular weight excluding hydrogens is 420 g/mol. The Kier molecular flexibility index (Phi) is 6.64. The Balaban J connectivity index is 1.73. The molecule has 2 aromatic carbocycles. The molecule has 0 amide bonds. The number of nitrogens with two attached hydrogens (primary N) is 1. The van der Waals surface area contributed by atoms with E-state index in [0.717, 1.165) is 22.9 Å². The van der Waals surface area contributed by atoms with Crippen LogP contribution >= 0.6 is 11.6 Å². The van der Waals surface area contributed by atoms with Crippen molar-refractivity contribution in [1.29, 1.82) is 0 Å². The molecule has 2 heterocycles. The van der Waals surface area contributed by atoms with Crippen molar-refractivity contribution in [3.8, 4) is 0 Å². The van der Waals surface area contributed by atoms with Crippen molar-refractivity contribution in [2.45, 2.75) is 43.5 Å². The van der Waals surface area contributed by atoms with Crippen LogP contribution in [0, 0.1) is 0 Å². The fourth-order valence-corrected chi connectivity index (χ4v) is 4.47. The maximum Gasteiger partial charge on any atom is 0.163 e. The molecule has 31 heavy (non-hydrogen) atoms. The predicted octanol–water partition coefficient (Wildman–Crippen LogP) is 1.36. The van der Waals surface area contributed by atoms with Crippen molar-refractivity contribution in [3.63, 3.8) is 0 Å². The molecule has 6 N–H and O–H groups in total. The monoisotopic (exact) mass is 446 g/mol. The summed E-state index contributed by atoms with van der Waals surface area (Å²) in [6.45, 7) is 0.112. The highest BCUT2D eigenvalue weighted by Crippen LogP contribution is 2.36. The summed E-state index contributed by atoms with van der Waals surface area (Å²) < 4.78 is 7.45. The van der Waals surface area contributed by atoms with Gasteiger partial charge in [-0.25, -0.2) is 0 Å². The lowest BCUT2D eigenvalue weighted by Gasteiger charge is -2.40. The van der Waals surface area contributed by atoms with E-state index in [1.807, 2.05) is 18.3 Å². The maximum atomic E-state index is 10.6. The standard InChI is InChI=1S/C23H27ClN2O5/c24-17-3-1-2-16-15(10-14-6-4-13(5-7-14)8-9-25)11-26(19(16)17)23-22(30)21(29)20(28)18(12-27)31-23/h1-7,11,18,20-23,27-30H,8-10,12,25H2/t18-,20-,21+,22-,23-/m1/s1. The molecule has 0 unspecified atom stereocenters. The maximum absolute atomic E-state index is 10.6. The lowest BCUT2D eigenvalue weighted by Crippen LogP contribution is -2.56. The molecule has 8 heteroatoms. The summed E-state index contributed by atoms with van der Waals surface area (Å²) in [6, 6.07) is 13.8. The first-order valence-corrected chi connectivity index (χ1v) is 10.7. The average Bonchev–Trinajstić information content (AvgIpc) is 3.13. The highest BCUT2D eigenvalue weighted by atomic mass is 35.5. The van der Waals surface area contributed by atoms with E-state index in [2.05, 4.69) is 24.3 Å². The largest absolute Gasteiger partial charge is 0.394 e. The first kappa shape index (κ1) is 22.2. The lowest BCUT2D eigenvalue weighted by atomic mass is 9.98. The van der Waals surface area contributed by atoms with E-state index in [-0.39, 0.29) is 0 Å². The summed E-state index contributed by atoms with van der Waals surface area (Å²) in [6.07, 6.45) is -2.99. The third-order valence-corrected chi connectivity index (χ3v) is 6.18. The van der Waals surface area contributed by atoms with Crippen LogP contribution in [-0.2, 0) is 17.6 Å². The molecule has 0 bridgehead atoms. The van der Waals surface area contributed by atoms with Gasteiger partial charge in [-0.1, -0.05) is 48.0 Å². The third-order valence-electron chi connectivity index (χ3n) is 5.88. The van der Waals surface area contributed by atoms with Gasteiger partial charge in [-0.2, -0.15) is 0 Å². The molecule has 1 saturated heterocycles. The molecule has 1 aliphatic heterocycles. The number of hydrogen-bond donors (Lipinski definition) is 5. The lowest BCUT2D eigenvalue weighted by molar-refractivity contribution is -0.250. The SMILES string of the molecule is NCCc1ccc(Cc2cn([C@@H]3O[C@H](CO)[C@@H](O)[C@H](O)[C@H]3O)c3c(Cl)cccc23)cc1. The van der Waals surface area contributed by atoms with Gasteiger partial charge in [-0.05, 0) is 42.1 Å². The van der Waals surface area contributed by atoms with Crippen molar-refractivity contribution in [2.75, 3.05) is 13.2 Å². The van der Waals surface area contributed by atoms with Gasteiger partial charge in [0.05, 0.1) is 17.1 Å². The number of aliphatic hydroxyl groups is 4. The van der Waals surface area contributed by atoms with Crippen molar-refractivity contribution in [3.05, 3.63) is 70.4 Å². The molecule has 1 fully saturated rings. The van der Waals surface area contributed by atoms with Gasteiger partial charge in [0.1, 0.15) is 24.4 Å². The zero-order chi connectivity index (χ0) is 22.1. The second kappa shape index (κ2) is 9.26. The zero-order valence-electron chi connectivity index (χ0n) is 16.9. The molecule has 0 aliphatic carbocycles. The first-order chi connectivity index (χ1) is 14.9. The van der Waals surface area contributed by atoms with Gasteiger partial charge < -0.3 is 35.5 Å². The minimum absolute atomic E-state index is 0.471. The fraction of sp³-hybridized carbons (Fsp3) is 0.391. The van der Waals surface area contributed by atoms with Crippen LogP contribution in [0.1, 0.15) is 22.9 Å². The summed E-state index contributed by atoms with van der Waals surface area (Å²) >= 11 is 6.51. The van der Waals surface area contributed by atoms with Crippen LogP contribution < -0.4 is 5.73 Å². The molecule has 0 saturated carbocycles. The number of nitrogens with zero attached hydrogens (tertiary/aromatic N) is 1. The number of aromatic nitrogens is 1. The first-order valence-electron chi connectivity index (χ1n) is 10.3. The molecule has 166 valence electrons. The van der Waals surface area contributed by atoms with Gasteiger partial charge in [0.2, 0.25) is 0 Å². The number of ether oxygens (including phenoxy) is 1. The van der Waals surface area contributed by atoms with E-state index >= 15 is 0 Å². The van der Waals surface area contributed by atoms with Crippen LogP contribution in [0.4, 0.5) is 0 Å². The van der Waals surface area contributed by atoms with Crippen molar-refractivity contribution < 1.29 is 25.2 Å². The molecule has 0 spiro atoms. The minimum atomic E-state index is -1.46. The van der Waals surface area contributed by atoms with E-state index in [4.69, 9.17) is 22.1 Å². The van der Waals surface area contributed by atoms with Crippen molar-refractivity contribution in [2.24, 2.45) is 5.73 Å². The van der Waals surface area contributed by atoms with Crippen LogP contribution in [-0.4, -0.2) is 62.6 Å². The Morgan fingerprint density at radius 2 is 1.68 bits per heavy atom. The number of rotatable bonds is 6. The smallest absolute Gasteiger partial charge is 0.163 e. The van der Waals surface area contributed by atoms with Crippen LogP contribution in [0.5, 0.6) is 0 Å². The van der Waals surface area contributed by atoms with Crippen LogP contribution in [0.15, 0.2) is 48.7 Å². The van der Waals surface area contributed by atoms with E-state index in [1.54, 1.807) is 10.6 Å². The van der Waals surface area contributed by atoms with Gasteiger partial charge in [0.25, 0.3) is 0 Å². The quantitative estimate of drug-likeness (QED) is 0.390. The average molecular weight is 447 g/mol. The van der Waals surface area contributed by atoms with Crippen LogP contribution in [0.25, 0.3) is 10.9 Å². The third kappa shape index (κ3) is 4.23. The van der Waals surface area contributed by atoms with Gasteiger partial charge in [0.15, 0.2) is 6.23 Å². The number of fused-ring (bicyclic) bond motifs is 1. The molecule has 7 nitrogen and oxygen atoms in total. The molecule has 4 rings (SSSR count). The van der Waals surface area contributed by atoms with Gasteiger partial charge >= 0.3 is 0 Å². The summed E-state index contributed by atoms with van der Waals surface area (Å²) in [5, 5.41) is 41.9. The van der Waals surface area contributed by atoms with Crippen LogP contribution in [0.3, 0.4) is 0 Å². The molecule has 0 radical (unpaired) electrons. The number of benzene rings is 2. The summed E-state index contributed by atoms with van der Waals surface area (Å²) in [4.78, 5) is 0. The number of hydrogen-bond acceptors (Lipinski definition) is 6. The summed E-state index contributed by atoms with van der Waals surface area (Å²) in [7, 11) is 0. The van der Waals surface area contributed by atoms with Crippen LogP contribution in [0.2, 0.25) is 5.02 Å². The van der Waals surface area contributed by atoms with E-state index in [9.17, 15) is 20.4 Å². The molecular formula is C23H27ClN2O5. The van der Waals surface area contributed by atoms with Gasteiger partial charge in [-0.3, -0.25) is 0 Å². The van der Waals surface area contributed by atoms with Gasteiger partial charge in [-0.15, -0.1) is 0 Å². The number of para-hydroxylation sites is 1. The Hall–Kier alpha value is -1.97. The second-order valence-electron chi connectivity index (χ2n) is 7.95. The number of aliphatic hydroxyl groups excluding tert-OH is 4. The molecule has 3 aromatic rings. The normalized spacial score (nSPS) is 26.5. The van der Waals surface area contributed by atoms with E-state index in [1.165, 1.54) is 5.56 Å². The minimum Gasteiger partial charge on any atom is -0.394 e. The fourth-order valence-electron chi connectivity index (χ4n) is 4.20.